The Morgan fingerprint density at radius 3 is 1.74 bits per heavy atom. The predicted octanol–water partition coefficient (Wildman–Crippen LogP) is 16.1. The number of nitrogens with zero attached hydrogens (tertiary/aromatic N) is 4. The molecular formula is C58H94N5O8P. The molecule has 1 aromatic carbocycles. The van der Waals surface area contributed by atoms with E-state index in [0.717, 1.165) is 106 Å². The van der Waals surface area contributed by atoms with Gasteiger partial charge in [0.05, 0.1) is 24.2 Å². The molecule has 72 heavy (non-hydrogen) atoms. The fraction of sp³-hybridized carbons (Fsp3) is 0.707. The van der Waals surface area contributed by atoms with Gasteiger partial charge in [-0.2, -0.15) is 0 Å². The maximum Gasteiger partial charge on any atom is 0.475 e. The molecule has 2 aromatic heterocycles. The molecule has 0 saturated carbocycles. The van der Waals surface area contributed by atoms with Gasteiger partial charge in [0.15, 0.2) is 11.9 Å². The van der Waals surface area contributed by atoms with Gasteiger partial charge in [-0.3, -0.25) is 23.2 Å². The number of anilines is 1. The zero-order valence-electron chi connectivity index (χ0n) is 44.9. The Bertz CT molecular complexity index is 2060. The lowest BCUT2D eigenvalue weighted by Crippen LogP contribution is -2.30. The fourth-order valence-corrected chi connectivity index (χ4v) is 9.88. The standard InChI is InChI=1S/C58H94N5O8P/c1-5-8-11-13-15-17-19-21-23-25-27-29-31-33-35-42-54(64)67-48-50(71-55(65)43-36-34-32-30-28-26-24-22-20-18-16-14-12-9-6-2)49-70-72(66,68-46-44-60-4)69-47-45-63-53(41-10-7-3)62-56-57(63)51-39-37-38-40-52(51)61-58(56)59/h21-24,37-40,50H,5-20,25-36,41-49H2,1-3H3,(H2,59,61)/b23-21-,24-22-/t50-,72?/m1/s1. The summed E-state index contributed by atoms with van der Waals surface area (Å²) in [6.07, 6.45) is 41.2. The van der Waals surface area contributed by atoms with Gasteiger partial charge >= 0.3 is 19.8 Å². The minimum atomic E-state index is -4.32. The summed E-state index contributed by atoms with van der Waals surface area (Å²) in [5.41, 5.74) is 8.53. The van der Waals surface area contributed by atoms with E-state index < -0.39 is 32.5 Å². The maximum atomic E-state index is 14.2. The Labute approximate surface area is 434 Å². The molecule has 2 N–H and O–H groups in total. The van der Waals surface area contributed by atoms with Crippen LogP contribution >= 0.6 is 7.82 Å². The summed E-state index contributed by atoms with van der Waals surface area (Å²) >= 11 is 0. The van der Waals surface area contributed by atoms with Crippen LogP contribution < -0.4 is 5.73 Å². The van der Waals surface area contributed by atoms with Crippen LogP contribution in [0.3, 0.4) is 0 Å². The first-order valence-corrected chi connectivity index (χ1v) is 29.8. The van der Waals surface area contributed by atoms with Crippen molar-refractivity contribution in [1.82, 2.24) is 14.5 Å². The molecule has 0 spiro atoms. The Balaban J connectivity index is 1.55. The average molecular weight is 1020 g/mol. The van der Waals surface area contributed by atoms with Crippen LogP contribution in [-0.4, -0.2) is 65.5 Å². The van der Waals surface area contributed by atoms with Crippen molar-refractivity contribution in [3.8, 4) is 0 Å². The number of nitrogens with two attached hydrogens (primary N) is 1. The van der Waals surface area contributed by atoms with Crippen molar-refractivity contribution in [2.24, 2.45) is 0 Å². The van der Waals surface area contributed by atoms with Crippen molar-refractivity contribution >= 4 is 47.5 Å². The highest BCUT2D eigenvalue weighted by Crippen LogP contribution is 2.49. The number of ether oxygens (including phenoxy) is 2. The smallest absolute Gasteiger partial charge is 0.462 e. The first kappa shape index (κ1) is 62.2. The van der Waals surface area contributed by atoms with Gasteiger partial charge in [-0.1, -0.05) is 172 Å². The summed E-state index contributed by atoms with van der Waals surface area (Å²) in [4.78, 5) is 38.9. The van der Waals surface area contributed by atoms with Crippen LogP contribution in [0.2, 0.25) is 0 Å². The highest BCUT2D eigenvalue weighted by Gasteiger charge is 2.31. The zero-order chi connectivity index (χ0) is 51.8. The molecule has 0 aliphatic carbocycles. The zero-order valence-corrected chi connectivity index (χ0v) is 45.8. The molecule has 404 valence electrons. The number of pyridine rings is 1. The molecule has 0 bridgehead atoms. The number of hydrogen-bond donors (Lipinski definition) is 1. The Morgan fingerprint density at radius 1 is 0.653 bits per heavy atom. The van der Waals surface area contributed by atoms with Crippen molar-refractivity contribution in [3.05, 3.63) is 65.8 Å². The molecule has 1 unspecified atom stereocenters. The number of aryl methyl sites for hydroxylation is 1. The molecule has 0 radical (unpaired) electrons. The highest BCUT2D eigenvalue weighted by molar-refractivity contribution is 7.48. The number of fused-ring (bicyclic) bond motifs is 3. The molecule has 14 heteroatoms. The van der Waals surface area contributed by atoms with Crippen molar-refractivity contribution < 1.29 is 37.2 Å². The quantitative estimate of drug-likeness (QED) is 0.0189. The molecule has 0 saturated heterocycles. The molecule has 0 fully saturated rings. The van der Waals surface area contributed by atoms with Crippen LogP contribution in [0.1, 0.15) is 219 Å². The highest BCUT2D eigenvalue weighted by atomic mass is 31.2. The third-order valence-electron chi connectivity index (χ3n) is 12.9. The number of carbonyl (C=O) groups is 2. The number of nitrogen functional groups attached to an aromatic ring is 1. The van der Waals surface area contributed by atoms with Crippen molar-refractivity contribution in [2.75, 3.05) is 38.7 Å². The van der Waals surface area contributed by atoms with Gasteiger partial charge in [0.2, 0.25) is 6.54 Å². The van der Waals surface area contributed by atoms with Gasteiger partial charge in [-0.05, 0) is 76.7 Å². The minimum absolute atomic E-state index is 0.0648. The summed E-state index contributed by atoms with van der Waals surface area (Å²) < 4.78 is 45.1. The molecule has 2 heterocycles. The Kier molecular flexibility index (Phi) is 34.8. The van der Waals surface area contributed by atoms with E-state index in [2.05, 4.69) is 54.9 Å². The second-order valence-electron chi connectivity index (χ2n) is 19.2. The summed E-state index contributed by atoms with van der Waals surface area (Å²) in [7, 11) is -4.32. The number of phosphoric acid groups is 1. The summed E-state index contributed by atoms with van der Waals surface area (Å²) in [6.45, 7) is 13.1. The van der Waals surface area contributed by atoms with Crippen molar-refractivity contribution in [2.45, 2.75) is 232 Å². The summed E-state index contributed by atoms with van der Waals surface area (Å²) in [5.74, 6) is 0.274. The number of allylic oxidation sites excluding steroid dienone is 4. The van der Waals surface area contributed by atoms with E-state index in [0.29, 0.717) is 30.6 Å². The van der Waals surface area contributed by atoms with E-state index in [1.54, 1.807) is 0 Å². The SMILES string of the molecule is [C-]#[N+]CCOP(=O)(OCCn1c(CCCC)nc2c(N)nc3ccccc3c21)OC[C@@H](COC(=O)CCCCCCC/C=C\CCCCCCCC)OC(=O)CCCCCCC/C=C\CCCCCCCC. The number of aromatic nitrogens is 3. The van der Waals surface area contributed by atoms with E-state index >= 15 is 0 Å². The number of hydrogen-bond acceptors (Lipinski definition) is 11. The Hall–Kier alpha value is -4.08. The fourth-order valence-electron chi connectivity index (χ4n) is 8.70. The third kappa shape index (κ3) is 27.3. The van der Waals surface area contributed by atoms with Crippen LogP contribution in [0, 0.1) is 6.57 Å². The average Bonchev–Trinajstić information content (AvgIpc) is 3.75. The van der Waals surface area contributed by atoms with Gasteiger partial charge < -0.3 is 24.6 Å². The second-order valence-corrected chi connectivity index (χ2v) is 20.9. The molecule has 13 nitrogen and oxygen atoms in total. The summed E-state index contributed by atoms with van der Waals surface area (Å²) in [6, 6.07) is 7.71. The maximum absolute atomic E-state index is 14.2. The van der Waals surface area contributed by atoms with Crippen molar-refractivity contribution in [3.63, 3.8) is 0 Å². The molecular weight excluding hydrogens is 926 g/mol. The monoisotopic (exact) mass is 1020 g/mol. The van der Waals surface area contributed by atoms with Crippen LogP contribution in [0.4, 0.5) is 5.82 Å². The lowest BCUT2D eigenvalue weighted by atomic mass is 10.1. The number of benzene rings is 1. The predicted molar refractivity (Wildman–Crippen MR) is 295 cm³/mol. The molecule has 0 aliphatic heterocycles. The van der Waals surface area contributed by atoms with Crippen LogP contribution in [0.5, 0.6) is 0 Å². The Morgan fingerprint density at radius 2 is 1.17 bits per heavy atom. The van der Waals surface area contributed by atoms with Gasteiger partial charge in [-0.15, -0.1) is 0 Å². The van der Waals surface area contributed by atoms with Crippen molar-refractivity contribution in [1.29, 1.82) is 0 Å². The number of para-hydroxylation sites is 1. The normalized spacial score (nSPS) is 13.1. The van der Waals surface area contributed by atoms with Crippen LogP contribution in [0.25, 0.3) is 26.8 Å². The van der Waals surface area contributed by atoms with Gasteiger partial charge in [0, 0.05) is 31.2 Å². The number of carbonyl (C=O) groups excluding carboxylic acids is 2. The largest absolute Gasteiger partial charge is 0.475 e. The third-order valence-corrected chi connectivity index (χ3v) is 14.4. The second kappa shape index (κ2) is 40.3. The van der Waals surface area contributed by atoms with Gasteiger partial charge in [0.1, 0.15) is 24.6 Å². The molecule has 3 aromatic rings. The number of imidazole rings is 1. The minimum Gasteiger partial charge on any atom is -0.462 e. The number of esters is 2. The number of phosphoric ester groups is 1. The number of unbranched alkanes of at least 4 members (excludes halogenated alkanes) is 23. The molecule has 2 atom stereocenters. The number of rotatable bonds is 46. The van der Waals surface area contributed by atoms with E-state index in [-0.39, 0.29) is 45.8 Å². The molecule has 3 rings (SSSR count). The van der Waals surface area contributed by atoms with Gasteiger partial charge in [0.25, 0.3) is 0 Å². The first-order valence-electron chi connectivity index (χ1n) is 28.3. The lowest BCUT2D eigenvalue weighted by Gasteiger charge is -2.22. The molecule has 0 aliphatic rings. The molecule has 0 amide bonds. The topological polar surface area (TPSA) is 158 Å². The van der Waals surface area contributed by atoms with E-state index in [1.807, 2.05) is 28.8 Å². The van der Waals surface area contributed by atoms with Crippen LogP contribution in [0.15, 0.2) is 48.6 Å². The van der Waals surface area contributed by atoms with E-state index in [1.165, 1.54) is 83.5 Å². The first-order chi connectivity index (χ1) is 35.2. The van der Waals surface area contributed by atoms with Crippen LogP contribution in [-0.2, 0) is 50.2 Å². The summed E-state index contributed by atoms with van der Waals surface area (Å²) in [5, 5.41) is 0.878. The van der Waals surface area contributed by atoms with Gasteiger partial charge in [-0.25, -0.2) is 21.1 Å². The van der Waals surface area contributed by atoms with E-state index in [9.17, 15) is 14.2 Å². The lowest BCUT2D eigenvalue weighted by molar-refractivity contribution is -0.161. The van der Waals surface area contributed by atoms with E-state index in [4.69, 9.17) is 40.3 Å².